The first-order valence-electron chi connectivity index (χ1n) is 19.5. The van der Waals surface area contributed by atoms with Gasteiger partial charge in [0.05, 0.1) is 36.5 Å². The SMILES string of the molecule is CC[C@@](N)(CCc1ccc(C#CCCOC2CCCCC2)o1)COC(=O)C(=O)OC[C@@](N)(CC)CCc1ccc(C#CCCOC2CCCCC2)o1. The summed E-state index contributed by atoms with van der Waals surface area (Å²) in [5.41, 5.74) is 11.4. The molecule has 0 saturated heterocycles. The number of carbonyl (C=O) groups excluding carboxylic acids is 2. The Kier molecular flexibility index (Phi) is 17.3. The van der Waals surface area contributed by atoms with Crippen molar-refractivity contribution in [3.63, 3.8) is 0 Å². The van der Waals surface area contributed by atoms with Gasteiger partial charge in [0.1, 0.15) is 24.7 Å². The lowest BCUT2D eigenvalue weighted by molar-refractivity contribution is -0.169. The van der Waals surface area contributed by atoms with Crippen molar-refractivity contribution < 1.29 is 37.4 Å². The fourth-order valence-electron chi connectivity index (χ4n) is 6.46. The van der Waals surface area contributed by atoms with Gasteiger partial charge in [-0.1, -0.05) is 64.2 Å². The normalized spacial score (nSPS) is 17.5. The Bertz CT molecular complexity index is 1380. The van der Waals surface area contributed by atoms with E-state index in [1.54, 1.807) is 0 Å². The summed E-state index contributed by atoms with van der Waals surface area (Å²) < 4.78 is 34.2. The van der Waals surface area contributed by atoms with Crippen LogP contribution in [-0.4, -0.2) is 61.7 Å². The van der Waals surface area contributed by atoms with E-state index in [2.05, 4.69) is 23.7 Å². The zero-order chi connectivity index (χ0) is 37.1. The van der Waals surface area contributed by atoms with Crippen LogP contribution in [0.3, 0.4) is 0 Å². The Labute approximate surface area is 310 Å². The molecule has 0 spiro atoms. The van der Waals surface area contributed by atoms with Gasteiger partial charge in [-0.3, -0.25) is 0 Å². The first-order chi connectivity index (χ1) is 25.2. The zero-order valence-electron chi connectivity index (χ0n) is 31.4. The smallest absolute Gasteiger partial charge is 0.417 e. The van der Waals surface area contributed by atoms with Crippen molar-refractivity contribution in [1.82, 2.24) is 0 Å². The van der Waals surface area contributed by atoms with Gasteiger partial charge in [0, 0.05) is 25.7 Å². The van der Waals surface area contributed by atoms with Crippen LogP contribution < -0.4 is 11.5 Å². The Morgan fingerprint density at radius 1 is 0.673 bits per heavy atom. The highest BCUT2D eigenvalue weighted by atomic mass is 16.6. The molecule has 0 aliphatic heterocycles. The molecule has 2 heterocycles. The van der Waals surface area contributed by atoms with E-state index < -0.39 is 23.0 Å². The summed E-state index contributed by atoms with van der Waals surface area (Å²) in [4.78, 5) is 25.1. The third-order valence-electron chi connectivity index (χ3n) is 10.3. The molecule has 52 heavy (non-hydrogen) atoms. The molecule has 2 aromatic rings. The topological polar surface area (TPSA) is 149 Å². The van der Waals surface area contributed by atoms with Crippen LogP contribution in [0.2, 0.25) is 0 Å². The number of aryl methyl sites for hydroxylation is 2. The average Bonchev–Trinajstić information content (AvgIpc) is 3.84. The van der Waals surface area contributed by atoms with E-state index in [0.29, 0.717) is 88.3 Å². The summed E-state index contributed by atoms with van der Waals surface area (Å²) in [5, 5.41) is 0. The molecule has 2 aliphatic carbocycles. The fourth-order valence-corrected chi connectivity index (χ4v) is 6.46. The Balaban J connectivity index is 1.12. The quantitative estimate of drug-likeness (QED) is 0.0719. The molecule has 2 fully saturated rings. The Morgan fingerprint density at radius 3 is 1.46 bits per heavy atom. The average molecular weight is 721 g/mol. The van der Waals surface area contributed by atoms with Crippen molar-refractivity contribution in [2.45, 2.75) is 153 Å². The summed E-state index contributed by atoms with van der Waals surface area (Å²) in [5.74, 6) is 12.8. The Hall–Kier alpha value is -3.54. The number of carbonyl (C=O) groups is 2. The Morgan fingerprint density at radius 2 is 1.08 bits per heavy atom. The van der Waals surface area contributed by atoms with Gasteiger partial charge in [0.2, 0.25) is 0 Å². The van der Waals surface area contributed by atoms with Gasteiger partial charge in [-0.25, -0.2) is 9.59 Å². The standard InChI is InChI=1S/C42H60N2O8/c1-3-41(43,27-25-37-23-21-35(51-37)19-11-13-29-47-33-15-7-5-8-16-33)31-49-39(45)40(46)50-32-42(44,4-2)28-26-38-24-22-36(52-38)20-12-14-30-48-34-17-9-6-10-18-34/h21-24,33-34H,3-10,13-18,25-32,43-44H2,1-2H3/t41-,42-/m1/s1. The summed E-state index contributed by atoms with van der Waals surface area (Å²) >= 11 is 0. The molecule has 286 valence electrons. The first-order valence-corrected chi connectivity index (χ1v) is 19.5. The highest BCUT2D eigenvalue weighted by Gasteiger charge is 2.30. The predicted octanol–water partition coefficient (Wildman–Crippen LogP) is 6.92. The molecule has 2 saturated carbocycles. The van der Waals surface area contributed by atoms with E-state index in [4.69, 9.17) is 39.2 Å². The predicted molar refractivity (Wildman–Crippen MR) is 199 cm³/mol. The molecule has 10 heteroatoms. The molecular weight excluding hydrogens is 660 g/mol. The molecule has 10 nitrogen and oxygen atoms in total. The molecule has 2 atom stereocenters. The van der Waals surface area contributed by atoms with Crippen molar-refractivity contribution >= 4 is 11.9 Å². The molecule has 0 radical (unpaired) electrons. The van der Waals surface area contributed by atoms with Gasteiger partial charge in [0.15, 0.2) is 11.5 Å². The highest BCUT2D eigenvalue weighted by molar-refractivity contribution is 6.29. The van der Waals surface area contributed by atoms with Crippen molar-refractivity contribution in [2.75, 3.05) is 26.4 Å². The minimum absolute atomic E-state index is 0.134. The van der Waals surface area contributed by atoms with Crippen molar-refractivity contribution in [1.29, 1.82) is 0 Å². The second-order valence-corrected chi connectivity index (χ2v) is 14.5. The largest absolute Gasteiger partial charge is 0.455 e. The van der Waals surface area contributed by atoms with E-state index >= 15 is 0 Å². The molecular formula is C42H60N2O8. The summed E-state index contributed by atoms with van der Waals surface area (Å²) in [7, 11) is 0. The van der Waals surface area contributed by atoms with E-state index in [0.717, 1.165) is 37.2 Å². The number of hydrogen-bond donors (Lipinski definition) is 2. The zero-order valence-corrected chi connectivity index (χ0v) is 31.4. The van der Waals surface area contributed by atoms with Gasteiger partial charge in [0.25, 0.3) is 0 Å². The molecule has 0 aromatic carbocycles. The lowest BCUT2D eigenvalue weighted by atomic mass is 9.92. The van der Waals surface area contributed by atoms with Gasteiger partial charge in [-0.2, -0.15) is 0 Å². The minimum Gasteiger partial charge on any atom is -0.455 e. The minimum atomic E-state index is -1.09. The molecule has 0 bridgehead atoms. The lowest BCUT2D eigenvalue weighted by Gasteiger charge is -2.28. The molecule has 4 N–H and O–H groups in total. The fraction of sp³-hybridized carbons (Fsp3) is 0.667. The van der Waals surface area contributed by atoms with Crippen molar-refractivity contribution in [2.24, 2.45) is 11.5 Å². The van der Waals surface area contributed by atoms with Gasteiger partial charge in [-0.15, -0.1) is 0 Å². The van der Waals surface area contributed by atoms with Crippen LogP contribution in [-0.2, 0) is 41.4 Å². The van der Waals surface area contributed by atoms with Crippen LogP contribution in [0.1, 0.15) is 140 Å². The third kappa shape index (κ3) is 14.8. The molecule has 4 rings (SSSR count). The summed E-state index contributed by atoms with van der Waals surface area (Å²) in [6.45, 7) is 4.82. The van der Waals surface area contributed by atoms with Gasteiger partial charge in [-0.05, 0) is 87.5 Å². The number of nitrogens with two attached hydrogens (primary N) is 2. The van der Waals surface area contributed by atoms with Gasteiger partial charge < -0.3 is 39.2 Å². The van der Waals surface area contributed by atoms with Crippen molar-refractivity contribution in [3.8, 4) is 23.7 Å². The van der Waals surface area contributed by atoms with E-state index in [1.807, 2.05) is 38.1 Å². The van der Waals surface area contributed by atoms with Crippen LogP contribution in [0, 0.1) is 23.7 Å². The number of furan rings is 2. The van der Waals surface area contributed by atoms with E-state index in [9.17, 15) is 9.59 Å². The summed E-state index contributed by atoms with van der Waals surface area (Å²) in [6, 6.07) is 7.44. The molecule has 0 amide bonds. The molecule has 2 aromatic heterocycles. The number of hydrogen-bond acceptors (Lipinski definition) is 10. The van der Waals surface area contributed by atoms with Crippen molar-refractivity contribution in [3.05, 3.63) is 47.3 Å². The van der Waals surface area contributed by atoms with Crippen LogP contribution in [0.15, 0.2) is 33.1 Å². The highest BCUT2D eigenvalue weighted by Crippen LogP contribution is 2.22. The third-order valence-corrected chi connectivity index (χ3v) is 10.3. The maximum Gasteiger partial charge on any atom is 0.417 e. The first kappa shape index (κ1) is 41.2. The van der Waals surface area contributed by atoms with Crippen LogP contribution in [0.4, 0.5) is 0 Å². The molecule has 2 aliphatic rings. The number of ether oxygens (including phenoxy) is 4. The second-order valence-electron chi connectivity index (χ2n) is 14.5. The van der Waals surface area contributed by atoms with Crippen LogP contribution in [0.5, 0.6) is 0 Å². The number of esters is 2. The van der Waals surface area contributed by atoms with Gasteiger partial charge >= 0.3 is 11.9 Å². The second kappa shape index (κ2) is 21.9. The maximum atomic E-state index is 12.5. The van der Waals surface area contributed by atoms with Crippen LogP contribution >= 0.6 is 0 Å². The molecule has 0 unspecified atom stereocenters. The summed E-state index contributed by atoms with van der Waals surface area (Å²) in [6.07, 6.45) is 17.4. The monoisotopic (exact) mass is 720 g/mol. The van der Waals surface area contributed by atoms with Crippen LogP contribution in [0.25, 0.3) is 0 Å². The lowest BCUT2D eigenvalue weighted by Crippen LogP contribution is -2.47. The maximum absolute atomic E-state index is 12.5. The van der Waals surface area contributed by atoms with E-state index in [1.165, 1.54) is 38.5 Å². The number of rotatable bonds is 18. The van der Waals surface area contributed by atoms with E-state index in [-0.39, 0.29) is 13.2 Å².